The van der Waals surface area contributed by atoms with Crippen LogP contribution in [0.25, 0.3) is 6.08 Å². The van der Waals surface area contributed by atoms with Crippen LogP contribution in [0.3, 0.4) is 0 Å². The summed E-state index contributed by atoms with van der Waals surface area (Å²) in [5, 5.41) is 10.6. The zero-order chi connectivity index (χ0) is 15.4. The van der Waals surface area contributed by atoms with E-state index in [4.69, 9.17) is 5.11 Å². The lowest BCUT2D eigenvalue weighted by atomic mass is 10.1. The Labute approximate surface area is 129 Å². The number of hydrogen-bond acceptors (Lipinski definition) is 3. The van der Waals surface area contributed by atoms with Crippen molar-refractivity contribution in [1.29, 1.82) is 0 Å². The number of aliphatic carboxylic acids is 1. The lowest BCUT2D eigenvalue weighted by Gasteiger charge is -2.19. The van der Waals surface area contributed by atoms with Crippen molar-refractivity contribution in [2.45, 2.75) is 20.4 Å². The van der Waals surface area contributed by atoms with Gasteiger partial charge in [-0.05, 0) is 60.2 Å². The predicted molar refractivity (Wildman–Crippen MR) is 89.0 cm³/mol. The van der Waals surface area contributed by atoms with E-state index >= 15 is 0 Å². The number of carboxylic acids is 1. The fourth-order valence-electron chi connectivity index (χ4n) is 2.23. The fraction of sp³-hybridized carbons (Fsp3) is 0.235. The number of hydrogen-bond donors (Lipinski definition) is 1. The van der Waals surface area contributed by atoms with Gasteiger partial charge in [-0.1, -0.05) is 6.07 Å². The molecule has 0 spiro atoms. The number of carbonyl (C=O) groups is 1. The first-order valence-corrected chi connectivity index (χ1v) is 7.60. The molecule has 1 aromatic carbocycles. The first-order chi connectivity index (χ1) is 9.94. The topological polar surface area (TPSA) is 40.5 Å². The van der Waals surface area contributed by atoms with Gasteiger partial charge in [0.2, 0.25) is 0 Å². The van der Waals surface area contributed by atoms with Gasteiger partial charge in [-0.25, -0.2) is 4.79 Å². The van der Waals surface area contributed by atoms with Crippen LogP contribution in [0, 0.1) is 13.8 Å². The first-order valence-electron chi connectivity index (χ1n) is 6.72. The zero-order valence-electron chi connectivity index (χ0n) is 12.5. The lowest BCUT2D eigenvalue weighted by molar-refractivity contribution is -0.131. The van der Waals surface area contributed by atoms with Gasteiger partial charge in [-0.2, -0.15) is 0 Å². The lowest BCUT2D eigenvalue weighted by Crippen LogP contribution is -2.15. The summed E-state index contributed by atoms with van der Waals surface area (Å²) in [6, 6.07) is 8.54. The third-order valence-electron chi connectivity index (χ3n) is 3.13. The van der Waals surface area contributed by atoms with Gasteiger partial charge >= 0.3 is 5.97 Å². The standard InChI is InChI=1S/C17H19NO2S/c1-12-6-13(2)8-15(7-12)18(3)10-16-9-14(11-21-16)4-5-17(19)20/h4-9,11H,10H2,1-3H3,(H,19,20). The van der Waals surface area contributed by atoms with E-state index in [1.54, 1.807) is 17.4 Å². The highest BCUT2D eigenvalue weighted by atomic mass is 32.1. The van der Waals surface area contributed by atoms with E-state index in [0.29, 0.717) is 0 Å². The van der Waals surface area contributed by atoms with Crippen molar-refractivity contribution >= 4 is 29.1 Å². The van der Waals surface area contributed by atoms with Crippen LogP contribution in [-0.4, -0.2) is 18.1 Å². The summed E-state index contributed by atoms with van der Waals surface area (Å²) in [7, 11) is 2.07. The molecular formula is C17H19NO2S. The average molecular weight is 301 g/mol. The average Bonchev–Trinajstić information content (AvgIpc) is 2.83. The fourth-order valence-corrected chi connectivity index (χ4v) is 3.14. The Morgan fingerprint density at radius 3 is 2.52 bits per heavy atom. The third-order valence-corrected chi connectivity index (χ3v) is 4.07. The Balaban J connectivity index is 2.09. The molecule has 2 rings (SSSR count). The highest BCUT2D eigenvalue weighted by Gasteiger charge is 2.05. The van der Waals surface area contributed by atoms with Gasteiger partial charge in [0.1, 0.15) is 0 Å². The minimum Gasteiger partial charge on any atom is -0.478 e. The minimum absolute atomic E-state index is 0.814. The molecule has 0 bridgehead atoms. The first kappa shape index (κ1) is 15.3. The SMILES string of the molecule is Cc1cc(C)cc(N(C)Cc2cc(C=CC(=O)O)cs2)c1. The minimum atomic E-state index is -0.921. The van der Waals surface area contributed by atoms with Crippen LogP contribution in [0.5, 0.6) is 0 Å². The largest absolute Gasteiger partial charge is 0.478 e. The summed E-state index contributed by atoms with van der Waals surface area (Å²) in [4.78, 5) is 13.9. The van der Waals surface area contributed by atoms with Crippen molar-refractivity contribution in [2.75, 3.05) is 11.9 Å². The highest BCUT2D eigenvalue weighted by molar-refractivity contribution is 7.10. The van der Waals surface area contributed by atoms with E-state index in [1.165, 1.54) is 27.8 Å². The number of aryl methyl sites for hydroxylation is 2. The van der Waals surface area contributed by atoms with Crippen molar-refractivity contribution in [1.82, 2.24) is 0 Å². The molecule has 0 fully saturated rings. The summed E-state index contributed by atoms with van der Waals surface area (Å²) in [6.07, 6.45) is 2.79. The van der Waals surface area contributed by atoms with E-state index in [9.17, 15) is 4.79 Å². The van der Waals surface area contributed by atoms with E-state index < -0.39 is 5.97 Å². The van der Waals surface area contributed by atoms with Gasteiger partial charge in [0.05, 0.1) is 6.54 Å². The number of carboxylic acid groups (broad SMARTS) is 1. The van der Waals surface area contributed by atoms with Gasteiger partial charge in [-0.3, -0.25) is 0 Å². The van der Waals surface area contributed by atoms with Gasteiger partial charge in [-0.15, -0.1) is 11.3 Å². The van der Waals surface area contributed by atoms with Crippen LogP contribution in [0.1, 0.15) is 21.6 Å². The summed E-state index contributed by atoms with van der Waals surface area (Å²) in [6.45, 7) is 5.02. The van der Waals surface area contributed by atoms with Crippen LogP contribution in [0.4, 0.5) is 5.69 Å². The number of anilines is 1. The maximum atomic E-state index is 10.5. The molecule has 0 unspecified atom stereocenters. The maximum Gasteiger partial charge on any atom is 0.328 e. The molecule has 1 N–H and O–H groups in total. The number of thiophene rings is 1. The van der Waals surface area contributed by atoms with Crippen molar-refractivity contribution in [3.05, 3.63) is 57.3 Å². The Morgan fingerprint density at radius 1 is 1.24 bits per heavy atom. The molecule has 0 saturated heterocycles. The van der Waals surface area contributed by atoms with Crippen LogP contribution in [0.2, 0.25) is 0 Å². The third kappa shape index (κ3) is 4.46. The Bertz CT molecular complexity index is 653. The van der Waals surface area contributed by atoms with Crippen molar-refractivity contribution < 1.29 is 9.90 Å². The summed E-state index contributed by atoms with van der Waals surface area (Å²) >= 11 is 1.65. The Hall–Kier alpha value is -2.07. The number of rotatable bonds is 5. The maximum absolute atomic E-state index is 10.5. The molecule has 0 atom stereocenters. The Kier molecular flexibility index (Phi) is 4.81. The van der Waals surface area contributed by atoms with Crippen molar-refractivity contribution in [2.24, 2.45) is 0 Å². The molecule has 0 aliphatic heterocycles. The molecule has 1 aromatic heterocycles. The molecule has 0 aliphatic rings. The molecule has 21 heavy (non-hydrogen) atoms. The second-order valence-corrected chi connectivity index (χ2v) is 6.22. The molecule has 0 radical (unpaired) electrons. The Morgan fingerprint density at radius 2 is 1.90 bits per heavy atom. The smallest absolute Gasteiger partial charge is 0.328 e. The van der Waals surface area contributed by atoms with Crippen molar-refractivity contribution in [3.63, 3.8) is 0 Å². The molecular weight excluding hydrogens is 282 g/mol. The van der Waals surface area contributed by atoms with Crippen LogP contribution < -0.4 is 4.90 Å². The van der Waals surface area contributed by atoms with E-state index in [0.717, 1.165) is 12.1 Å². The molecule has 1 heterocycles. The number of benzene rings is 1. The molecule has 110 valence electrons. The van der Waals surface area contributed by atoms with E-state index in [-0.39, 0.29) is 0 Å². The summed E-state index contributed by atoms with van der Waals surface area (Å²) < 4.78 is 0. The molecule has 0 aliphatic carbocycles. The molecule has 4 heteroatoms. The summed E-state index contributed by atoms with van der Waals surface area (Å²) in [5.74, 6) is -0.921. The van der Waals surface area contributed by atoms with Crippen LogP contribution in [0.15, 0.2) is 35.7 Å². The van der Waals surface area contributed by atoms with E-state index in [1.807, 2.05) is 11.4 Å². The molecule has 2 aromatic rings. The molecule has 3 nitrogen and oxygen atoms in total. The van der Waals surface area contributed by atoms with Gasteiger partial charge in [0.25, 0.3) is 0 Å². The van der Waals surface area contributed by atoms with Crippen molar-refractivity contribution in [3.8, 4) is 0 Å². The second kappa shape index (κ2) is 6.59. The monoisotopic (exact) mass is 301 g/mol. The molecule has 0 amide bonds. The van der Waals surface area contributed by atoms with Crippen LogP contribution >= 0.6 is 11.3 Å². The quantitative estimate of drug-likeness (QED) is 0.845. The van der Waals surface area contributed by atoms with Gasteiger partial charge < -0.3 is 10.0 Å². The van der Waals surface area contributed by atoms with Crippen LogP contribution in [-0.2, 0) is 11.3 Å². The zero-order valence-corrected chi connectivity index (χ0v) is 13.3. The van der Waals surface area contributed by atoms with Gasteiger partial charge in [0.15, 0.2) is 0 Å². The molecule has 0 saturated carbocycles. The predicted octanol–water partition coefficient (Wildman–Crippen LogP) is 4.10. The highest BCUT2D eigenvalue weighted by Crippen LogP contribution is 2.23. The second-order valence-electron chi connectivity index (χ2n) is 5.22. The normalized spacial score (nSPS) is 11.0. The van der Waals surface area contributed by atoms with Gasteiger partial charge in [0, 0.05) is 23.7 Å². The summed E-state index contributed by atoms with van der Waals surface area (Å²) in [5.41, 5.74) is 4.65. The van der Waals surface area contributed by atoms with E-state index in [2.05, 4.69) is 44.0 Å². The number of nitrogens with zero attached hydrogens (tertiary/aromatic N) is 1.